The molecule has 0 saturated heterocycles. The minimum atomic E-state index is -0.451. The molecule has 7 N–H and O–H groups in total. The van der Waals surface area contributed by atoms with Crippen LogP contribution in [0.25, 0.3) is 0 Å². The standard InChI is InChI=1S/C21H30ClN7O3/c1-29(2,12-10-26-21(32)17-19(23)28-20(24)18(22)27-17)11-4-3-9-25-16(31)13-14-5-7-15(30)8-6-14/h5-8H,3-4,9-13H2,1-2H3,(H6-,23,24,25,26,28,30,31,32)/p+1. The van der Waals surface area contributed by atoms with Crippen LogP contribution in [0.1, 0.15) is 28.9 Å². The van der Waals surface area contributed by atoms with E-state index in [0.29, 0.717) is 24.1 Å². The summed E-state index contributed by atoms with van der Waals surface area (Å²) in [4.78, 5) is 32.0. The van der Waals surface area contributed by atoms with E-state index in [4.69, 9.17) is 23.1 Å². The van der Waals surface area contributed by atoms with Crippen LogP contribution in [0.4, 0.5) is 11.6 Å². The highest BCUT2D eigenvalue weighted by molar-refractivity contribution is 6.31. The Morgan fingerprint density at radius 2 is 1.69 bits per heavy atom. The number of aromatic hydroxyl groups is 1. The average Bonchev–Trinajstić information content (AvgIpc) is 2.72. The van der Waals surface area contributed by atoms with Crippen LogP contribution in [0.15, 0.2) is 24.3 Å². The molecule has 2 aromatic rings. The molecule has 2 amide bonds. The van der Waals surface area contributed by atoms with Crippen molar-refractivity contribution in [3.05, 3.63) is 40.7 Å². The van der Waals surface area contributed by atoms with Crippen molar-refractivity contribution in [3.8, 4) is 5.75 Å². The van der Waals surface area contributed by atoms with Gasteiger partial charge in [-0.25, -0.2) is 9.97 Å². The van der Waals surface area contributed by atoms with Crippen LogP contribution < -0.4 is 22.1 Å². The lowest BCUT2D eigenvalue weighted by Gasteiger charge is -2.30. The number of nitrogens with one attached hydrogen (secondary N) is 2. The Labute approximate surface area is 192 Å². The summed E-state index contributed by atoms with van der Waals surface area (Å²) in [6.45, 7) is 2.62. The van der Waals surface area contributed by atoms with Gasteiger partial charge in [-0.3, -0.25) is 9.59 Å². The molecule has 0 aliphatic heterocycles. The van der Waals surface area contributed by atoms with Crippen LogP contribution >= 0.6 is 11.6 Å². The molecule has 10 nitrogen and oxygen atoms in total. The minimum absolute atomic E-state index is 0.0185. The van der Waals surface area contributed by atoms with Crippen molar-refractivity contribution in [2.45, 2.75) is 19.3 Å². The molecule has 0 radical (unpaired) electrons. The van der Waals surface area contributed by atoms with Crippen LogP contribution in [-0.2, 0) is 11.2 Å². The van der Waals surface area contributed by atoms with E-state index in [1.54, 1.807) is 24.3 Å². The van der Waals surface area contributed by atoms with E-state index < -0.39 is 5.91 Å². The van der Waals surface area contributed by atoms with Gasteiger partial charge < -0.3 is 31.7 Å². The molecule has 32 heavy (non-hydrogen) atoms. The molecule has 0 unspecified atom stereocenters. The van der Waals surface area contributed by atoms with Gasteiger partial charge in [0, 0.05) is 6.54 Å². The number of nitrogens with two attached hydrogens (primary N) is 2. The summed E-state index contributed by atoms with van der Waals surface area (Å²) in [5.74, 6) is -0.395. The van der Waals surface area contributed by atoms with Gasteiger partial charge in [0.1, 0.15) is 5.75 Å². The second-order valence-electron chi connectivity index (χ2n) is 8.17. The topological polar surface area (TPSA) is 156 Å². The van der Waals surface area contributed by atoms with Crippen molar-refractivity contribution in [2.24, 2.45) is 0 Å². The zero-order valence-electron chi connectivity index (χ0n) is 18.4. The Bertz CT molecular complexity index is 936. The van der Waals surface area contributed by atoms with Crippen molar-refractivity contribution in [1.29, 1.82) is 0 Å². The molecule has 0 aliphatic rings. The highest BCUT2D eigenvalue weighted by atomic mass is 35.5. The van der Waals surface area contributed by atoms with E-state index in [1.165, 1.54) is 0 Å². The average molecular weight is 465 g/mol. The number of nitrogens with zero attached hydrogens (tertiary/aromatic N) is 3. The van der Waals surface area contributed by atoms with Gasteiger partial charge in [0.25, 0.3) is 5.91 Å². The Morgan fingerprint density at radius 3 is 2.38 bits per heavy atom. The van der Waals surface area contributed by atoms with E-state index in [2.05, 4.69) is 34.7 Å². The van der Waals surface area contributed by atoms with Crippen LogP contribution in [0.2, 0.25) is 5.15 Å². The summed E-state index contributed by atoms with van der Waals surface area (Å²) in [6.07, 6.45) is 2.06. The first-order valence-electron chi connectivity index (χ1n) is 10.3. The molecule has 2 rings (SSSR count). The third-order valence-electron chi connectivity index (χ3n) is 4.94. The molecule has 0 bridgehead atoms. The first kappa shape index (κ1) is 25.2. The van der Waals surface area contributed by atoms with Crippen molar-refractivity contribution in [3.63, 3.8) is 0 Å². The van der Waals surface area contributed by atoms with Crippen LogP contribution in [-0.4, -0.2) is 71.6 Å². The number of nitrogen functional groups attached to an aromatic ring is 2. The number of anilines is 2. The third kappa shape index (κ3) is 8.20. The van der Waals surface area contributed by atoms with Gasteiger partial charge in [-0.15, -0.1) is 0 Å². The molecule has 0 fully saturated rings. The lowest BCUT2D eigenvalue weighted by Crippen LogP contribution is -2.46. The number of phenols is 1. The summed E-state index contributed by atoms with van der Waals surface area (Å²) in [5, 5.41) is 14.9. The monoisotopic (exact) mass is 464 g/mol. The highest BCUT2D eigenvalue weighted by Crippen LogP contribution is 2.17. The maximum absolute atomic E-state index is 12.3. The number of quaternary nitrogens is 1. The van der Waals surface area contributed by atoms with Gasteiger partial charge in [-0.2, -0.15) is 0 Å². The molecule has 1 aromatic carbocycles. The molecular formula is C21H31ClN7O3+. The summed E-state index contributed by atoms with van der Waals surface area (Å²) in [7, 11) is 4.15. The smallest absolute Gasteiger partial charge is 0.273 e. The number of halogens is 1. The van der Waals surface area contributed by atoms with Gasteiger partial charge in [0.15, 0.2) is 22.5 Å². The van der Waals surface area contributed by atoms with Crippen LogP contribution in [0.3, 0.4) is 0 Å². The van der Waals surface area contributed by atoms with E-state index in [9.17, 15) is 14.7 Å². The largest absolute Gasteiger partial charge is 0.508 e. The number of aromatic nitrogens is 2. The Kier molecular flexibility index (Phi) is 9.03. The zero-order valence-corrected chi connectivity index (χ0v) is 19.2. The number of likely N-dealkylation sites (N-methyl/N-ethyl adjacent to an activating group) is 1. The van der Waals surface area contributed by atoms with E-state index in [-0.39, 0.29) is 40.6 Å². The van der Waals surface area contributed by atoms with Crippen molar-refractivity contribution in [1.82, 2.24) is 20.6 Å². The van der Waals surface area contributed by atoms with Crippen LogP contribution in [0.5, 0.6) is 5.75 Å². The first-order chi connectivity index (χ1) is 15.1. The molecule has 1 aromatic heterocycles. The molecular weight excluding hydrogens is 434 g/mol. The van der Waals surface area contributed by atoms with Gasteiger partial charge in [-0.1, -0.05) is 23.7 Å². The van der Waals surface area contributed by atoms with Crippen molar-refractivity contribution < 1.29 is 19.2 Å². The maximum Gasteiger partial charge on any atom is 0.273 e. The van der Waals surface area contributed by atoms with E-state index in [1.807, 2.05) is 0 Å². The normalized spacial score (nSPS) is 11.2. The van der Waals surface area contributed by atoms with Gasteiger partial charge >= 0.3 is 0 Å². The number of phenolic OH excluding ortho intramolecular Hbond substituents is 1. The maximum atomic E-state index is 12.3. The fraction of sp³-hybridized carbons (Fsp3) is 0.429. The lowest BCUT2D eigenvalue weighted by atomic mass is 10.1. The summed E-state index contributed by atoms with van der Waals surface area (Å²) in [6, 6.07) is 6.60. The minimum Gasteiger partial charge on any atom is -0.508 e. The second-order valence-corrected chi connectivity index (χ2v) is 8.53. The van der Waals surface area contributed by atoms with E-state index >= 15 is 0 Å². The summed E-state index contributed by atoms with van der Waals surface area (Å²) in [5.41, 5.74) is 12.0. The quantitative estimate of drug-likeness (QED) is 0.244. The predicted octanol–water partition coefficient (Wildman–Crippen LogP) is 0.945. The van der Waals surface area contributed by atoms with E-state index in [0.717, 1.165) is 24.9 Å². The lowest BCUT2D eigenvalue weighted by molar-refractivity contribution is -0.889. The molecule has 0 spiro atoms. The van der Waals surface area contributed by atoms with Gasteiger partial charge in [0.2, 0.25) is 5.91 Å². The van der Waals surface area contributed by atoms with Crippen molar-refractivity contribution in [2.75, 3.05) is 51.7 Å². The number of unbranched alkanes of at least 4 members (excludes halogenated alkanes) is 1. The molecule has 0 saturated carbocycles. The molecule has 0 atom stereocenters. The Hall–Kier alpha value is -3.11. The van der Waals surface area contributed by atoms with Crippen LogP contribution in [0, 0.1) is 0 Å². The van der Waals surface area contributed by atoms with Gasteiger partial charge in [0.05, 0.1) is 40.2 Å². The van der Waals surface area contributed by atoms with Gasteiger partial charge in [-0.05, 0) is 30.5 Å². The Balaban J connectivity index is 1.64. The Morgan fingerprint density at radius 1 is 1.00 bits per heavy atom. The SMILES string of the molecule is C[N+](C)(CCCCNC(=O)Cc1ccc(O)cc1)CCNC(=O)c1nc(Cl)c(N)nc1N. The number of hydrogen-bond acceptors (Lipinski definition) is 7. The summed E-state index contributed by atoms with van der Waals surface area (Å²) >= 11 is 5.81. The number of benzene rings is 1. The van der Waals surface area contributed by atoms with Crippen molar-refractivity contribution >= 4 is 35.1 Å². The fourth-order valence-corrected chi connectivity index (χ4v) is 3.16. The predicted molar refractivity (Wildman–Crippen MR) is 124 cm³/mol. The highest BCUT2D eigenvalue weighted by Gasteiger charge is 2.18. The fourth-order valence-electron chi connectivity index (χ4n) is 3.03. The molecule has 0 aliphatic carbocycles. The molecule has 174 valence electrons. The number of carbonyl (C=O) groups excluding carboxylic acids is 2. The number of amides is 2. The second kappa shape index (κ2) is 11.5. The first-order valence-corrected chi connectivity index (χ1v) is 10.7. The number of rotatable bonds is 11. The third-order valence-corrected chi connectivity index (χ3v) is 5.21. The summed E-state index contributed by atoms with van der Waals surface area (Å²) < 4.78 is 0.700. The molecule has 1 heterocycles. The zero-order chi connectivity index (χ0) is 23.7. The molecule has 11 heteroatoms. The number of carbonyl (C=O) groups is 2. The number of hydrogen-bond donors (Lipinski definition) is 5.